The van der Waals surface area contributed by atoms with Gasteiger partial charge in [-0.05, 0) is 18.4 Å². The highest BCUT2D eigenvalue weighted by Gasteiger charge is 2.25. The van der Waals surface area contributed by atoms with E-state index in [0.29, 0.717) is 6.54 Å². The second-order valence-electron chi connectivity index (χ2n) is 6.04. The van der Waals surface area contributed by atoms with Crippen molar-refractivity contribution in [2.75, 3.05) is 12.8 Å². The molecule has 0 saturated heterocycles. The lowest BCUT2D eigenvalue weighted by molar-refractivity contribution is 0.236. The average molecular weight is 287 g/mol. The first kappa shape index (κ1) is 16.2. The summed E-state index contributed by atoms with van der Waals surface area (Å²) >= 11 is 0. The monoisotopic (exact) mass is 287 g/mol. The molecule has 0 saturated carbocycles. The minimum absolute atomic E-state index is 0.0897. The molecule has 1 aromatic heterocycles. The van der Waals surface area contributed by atoms with Gasteiger partial charge in [0.25, 0.3) is 0 Å². The Balaban J connectivity index is 2.82. The van der Waals surface area contributed by atoms with Crippen molar-refractivity contribution in [2.45, 2.75) is 51.6 Å². The van der Waals surface area contributed by atoms with Crippen molar-refractivity contribution in [3.63, 3.8) is 0 Å². The van der Waals surface area contributed by atoms with Crippen LogP contribution in [0, 0.1) is 5.41 Å². The van der Waals surface area contributed by atoms with E-state index in [-0.39, 0.29) is 16.4 Å². The maximum absolute atomic E-state index is 11.4. The van der Waals surface area contributed by atoms with E-state index in [2.05, 4.69) is 38.1 Å². The van der Waals surface area contributed by atoms with E-state index in [4.69, 9.17) is 0 Å². The van der Waals surface area contributed by atoms with Crippen LogP contribution in [-0.4, -0.2) is 37.0 Å². The van der Waals surface area contributed by atoms with Crippen molar-refractivity contribution in [2.24, 2.45) is 5.41 Å². The second-order valence-corrected chi connectivity index (χ2v) is 8.06. The lowest BCUT2D eigenvalue weighted by Gasteiger charge is -2.31. The van der Waals surface area contributed by atoms with Gasteiger partial charge in [0.2, 0.25) is 0 Å². The number of nitrogens with zero attached hydrogens (tertiary/aromatic N) is 2. The van der Waals surface area contributed by atoms with E-state index in [1.807, 2.05) is 0 Å². The summed E-state index contributed by atoms with van der Waals surface area (Å²) in [7, 11) is -3.17. The molecule has 1 rings (SSSR count). The fourth-order valence-electron chi connectivity index (χ4n) is 1.79. The molecule has 110 valence electrons. The smallest absolute Gasteiger partial charge is 0.178 e. The maximum Gasteiger partial charge on any atom is 0.178 e. The molecule has 1 aromatic rings. The zero-order chi connectivity index (χ0) is 14.7. The Morgan fingerprint density at radius 3 is 2.47 bits per heavy atom. The molecule has 1 unspecified atom stereocenters. The SMILES string of the molecule is CCCNC(Cn1cc(S(C)(=O)=O)cn1)C(C)(C)C. The lowest BCUT2D eigenvalue weighted by Crippen LogP contribution is -2.43. The van der Waals surface area contributed by atoms with Gasteiger partial charge in [-0.3, -0.25) is 4.68 Å². The van der Waals surface area contributed by atoms with Gasteiger partial charge in [-0.2, -0.15) is 5.10 Å². The summed E-state index contributed by atoms with van der Waals surface area (Å²) in [4.78, 5) is 0.274. The van der Waals surface area contributed by atoms with Gasteiger partial charge in [0.15, 0.2) is 9.84 Å². The molecule has 0 spiro atoms. The van der Waals surface area contributed by atoms with Crippen LogP contribution >= 0.6 is 0 Å². The Hall–Kier alpha value is -0.880. The molecule has 0 aromatic carbocycles. The summed E-state index contributed by atoms with van der Waals surface area (Å²) in [6.07, 6.45) is 5.28. The van der Waals surface area contributed by atoms with Gasteiger partial charge in [-0.15, -0.1) is 0 Å². The zero-order valence-corrected chi connectivity index (χ0v) is 13.3. The Labute approximate surface area is 116 Å². The van der Waals surface area contributed by atoms with Crippen molar-refractivity contribution < 1.29 is 8.42 Å². The number of hydrogen-bond acceptors (Lipinski definition) is 4. The predicted molar refractivity (Wildman–Crippen MR) is 76.9 cm³/mol. The number of sulfone groups is 1. The van der Waals surface area contributed by atoms with E-state index in [0.717, 1.165) is 13.0 Å². The summed E-state index contributed by atoms with van der Waals surface area (Å²) in [5, 5.41) is 7.64. The summed E-state index contributed by atoms with van der Waals surface area (Å²) in [5.41, 5.74) is 0.0897. The third-order valence-corrected chi connectivity index (χ3v) is 4.16. The molecule has 0 aliphatic rings. The molecule has 19 heavy (non-hydrogen) atoms. The van der Waals surface area contributed by atoms with Crippen LogP contribution in [0.1, 0.15) is 34.1 Å². The molecule has 0 aliphatic carbocycles. The molecular formula is C13H25N3O2S. The van der Waals surface area contributed by atoms with E-state index >= 15 is 0 Å². The first-order valence-electron chi connectivity index (χ1n) is 6.60. The minimum atomic E-state index is -3.17. The zero-order valence-electron chi connectivity index (χ0n) is 12.5. The highest BCUT2D eigenvalue weighted by atomic mass is 32.2. The Morgan fingerprint density at radius 2 is 2.05 bits per heavy atom. The number of hydrogen-bond donors (Lipinski definition) is 1. The van der Waals surface area contributed by atoms with Crippen molar-refractivity contribution in [3.05, 3.63) is 12.4 Å². The molecule has 0 amide bonds. The van der Waals surface area contributed by atoms with Crippen molar-refractivity contribution in [1.29, 1.82) is 0 Å². The minimum Gasteiger partial charge on any atom is -0.312 e. The van der Waals surface area contributed by atoms with Gasteiger partial charge in [0.1, 0.15) is 4.90 Å². The van der Waals surface area contributed by atoms with Gasteiger partial charge in [0.05, 0.1) is 12.7 Å². The highest BCUT2D eigenvalue weighted by Crippen LogP contribution is 2.21. The quantitative estimate of drug-likeness (QED) is 0.865. The fraction of sp³-hybridized carbons (Fsp3) is 0.769. The Morgan fingerprint density at radius 1 is 1.42 bits per heavy atom. The van der Waals surface area contributed by atoms with Crippen molar-refractivity contribution in [1.82, 2.24) is 15.1 Å². The summed E-state index contributed by atoms with van der Waals surface area (Å²) in [5.74, 6) is 0. The van der Waals surface area contributed by atoms with Crippen LogP contribution in [-0.2, 0) is 16.4 Å². The van der Waals surface area contributed by atoms with Gasteiger partial charge in [-0.1, -0.05) is 27.7 Å². The highest BCUT2D eigenvalue weighted by molar-refractivity contribution is 7.90. The maximum atomic E-state index is 11.4. The fourth-order valence-corrected chi connectivity index (χ4v) is 2.34. The predicted octanol–water partition coefficient (Wildman–Crippen LogP) is 1.70. The van der Waals surface area contributed by atoms with Gasteiger partial charge >= 0.3 is 0 Å². The van der Waals surface area contributed by atoms with Gasteiger partial charge in [0, 0.05) is 18.5 Å². The summed E-state index contributed by atoms with van der Waals surface area (Å²) < 4.78 is 24.6. The van der Waals surface area contributed by atoms with Crippen LogP contribution < -0.4 is 5.32 Å². The molecule has 1 atom stereocenters. The van der Waals surface area contributed by atoms with Crippen LogP contribution in [0.15, 0.2) is 17.3 Å². The lowest BCUT2D eigenvalue weighted by atomic mass is 9.86. The van der Waals surface area contributed by atoms with Crippen LogP contribution in [0.25, 0.3) is 0 Å². The van der Waals surface area contributed by atoms with Crippen LogP contribution in [0.2, 0.25) is 0 Å². The standard InChI is InChI=1S/C13H25N3O2S/c1-6-7-14-12(13(2,3)4)10-16-9-11(8-15-16)19(5,17)18/h8-9,12,14H,6-7,10H2,1-5H3. The third kappa shape index (κ3) is 4.95. The first-order valence-corrected chi connectivity index (χ1v) is 8.49. The Bertz CT molecular complexity index is 500. The molecule has 1 heterocycles. The van der Waals surface area contributed by atoms with Crippen LogP contribution in [0.4, 0.5) is 0 Å². The summed E-state index contributed by atoms with van der Waals surface area (Å²) in [6.45, 7) is 10.2. The van der Waals surface area contributed by atoms with E-state index in [1.54, 1.807) is 10.9 Å². The summed E-state index contributed by atoms with van der Waals surface area (Å²) in [6, 6.07) is 0.250. The van der Waals surface area contributed by atoms with E-state index in [9.17, 15) is 8.42 Å². The molecular weight excluding hydrogens is 262 g/mol. The molecule has 6 heteroatoms. The topological polar surface area (TPSA) is 64.0 Å². The number of aromatic nitrogens is 2. The number of rotatable bonds is 6. The van der Waals surface area contributed by atoms with Crippen molar-refractivity contribution >= 4 is 9.84 Å². The third-order valence-electron chi connectivity index (χ3n) is 3.09. The molecule has 1 N–H and O–H groups in total. The second kappa shape index (κ2) is 6.05. The normalized spacial score (nSPS) is 14.6. The van der Waals surface area contributed by atoms with Crippen LogP contribution in [0.5, 0.6) is 0 Å². The molecule has 0 radical (unpaired) electrons. The average Bonchev–Trinajstić information content (AvgIpc) is 2.70. The van der Waals surface area contributed by atoms with E-state index in [1.165, 1.54) is 12.5 Å². The first-order chi connectivity index (χ1) is 8.64. The molecule has 5 nitrogen and oxygen atoms in total. The van der Waals surface area contributed by atoms with Crippen LogP contribution in [0.3, 0.4) is 0 Å². The largest absolute Gasteiger partial charge is 0.312 e. The Kier molecular flexibility index (Phi) is 5.15. The molecule has 0 bridgehead atoms. The molecule has 0 fully saturated rings. The molecule has 0 aliphatic heterocycles. The van der Waals surface area contributed by atoms with Gasteiger partial charge < -0.3 is 5.32 Å². The van der Waals surface area contributed by atoms with Gasteiger partial charge in [-0.25, -0.2) is 8.42 Å². The van der Waals surface area contributed by atoms with E-state index < -0.39 is 9.84 Å². The number of nitrogens with one attached hydrogen (secondary N) is 1. The van der Waals surface area contributed by atoms with Crippen molar-refractivity contribution in [3.8, 4) is 0 Å².